The summed E-state index contributed by atoms with van der Waals surface area (Å²) in [6, 6.07) is 20.4. The van der Waals surface area contributed by atoms with Crippen molar-refractivity contribution in [3.05, 3.63) is 71.8 Å². The van der Waals surface area contributed by atoms with Gasteiger partial charge in [0.1, 0.15) is 5.78 Å². The fraction of sp³-hybridized carbons (Fsp3) is 0.381. The van der Waals surface area contributed by atoms with Gasteiger partial charge in [-0.1, -0.05) is 81.9 Å². The highest BCUT2D eigenvalue weighted by atomic mass is 31.2. The lowest BCUT2D eigenvalue weighted by Gasteiger charge is -2.40. The van der Waals surface area contributed by atoms with Gasteiger partial charge in [0.2, 0.25) is 0 Å². The van der Waals surface area contributed by atoms with E-state index in [1.807, 2.05) is 43.3 Å². The number of ketones is 1. The molecule has 1 atom stereocenters. The van der Waals surface area contributed by atoms with Crippen LogP contribution < -0.4 is 5.50 Å². The Morgan fingerprint density at radius 3 is 1.75 bits per heavy atom. The molecule has 0 amide bonds. The Morgan fingerprint density at radius 2 is 1.42 bits per heavy atom. The van der Waals surface area contributed by atoms with Crippen molar-refractivity contribution >= 4 is 13.2 Å². The van der Waals surface area contributed by atoms with Crippen molar-refractivity contribution in [2.24, 2.45) is 5.50 Å². The summed E-state index contributed by atoms with van der Waals surface area (Å²) in [7, 11) is -1.55. The average molecular weight is 342 g/mol. The molecule has 1 radical (unpaired) electrons. The molecule has 0 aliphatic heterocycles. The van der Waals surface area contributed by atoms with Crippen LogP contribution in [0.15, 0.2) is 60.7 Å². The quantitative estimate of drug-likeness (QED) is 0.729. The normalized spacial score (nSPS) is 13.5. The number of benzene rings is 2. The highest BCUT2D eigenvalue weighted by Crippen LogP contribution is 2.53. The molecule has 2 N–H and O–H groups in total. The standard InChI is InChI=1S/C21H29NOP/c1-5-20(23)21(16-17(2)24(3,4)22,18-12-8-6-9-13-18)19-14-10-7-11-15-19/h6-15,17H,5,16,22H2,1-4H3. The maximum absolute atomic E-state index is 13.3. The molecule has 0 heterocycles. The highest BCUT2D eigenvalue weighted by Gasteiger charge is 2.43. The largest absolute Gasteiger partial charge is 0.314 e. The van der Waals surface area contributed by atoms with Crippen LogP contribution in [0.1, 0.15) is 37.8 Å². The molecule has 2 rings (SSSR count). The number of hydrogen-bond acceptors (Lipinski definition) is 2. The van der Waals surface area contributed by atoms with Gasteiger partial charge in [-0.05, 0) is 36.5 Å². The third kappa shape index (κ3) is 3.77. The fourth-order valence-corrected chi connectivity index (χ4v) is 4.01. The smallest absolute Gasteiger partial charge is 0.147 e. The second-order valence-corrected chi connectivity index (χ2v) is 11.2. The summed E-state index contributed by atoms with van der Waals surface area (Å²) in [5, 5.41) is 0. The second kappa shape index (κ2) is 7.59. The van der Waals surface area contributed by atoms with E-state index >= 15 is 0 Å². The first kappa shape index (κ1) is 18.8. The van der Waals surface area contributed by atoms with Crippen LogP contribution >= 0.6 is 7.41 Å². The molecular formula is C21H29NOP. The van der Waals surface area contributed by atoms with Gasteiger partial charge in [-0.3, -0.25) is 4.79 Å². The van der Waals surface area contributed by atoms with E-state index in [4.69, 9.17) is 5.50 Å². The number of hydrogen-bond donors (Lipinski definition) is 1. The lowest BCUT2D eigenvalue weighted by molar-refractivity contribution is -0.123. The van der Waals surface area contributed by atoms with Gasteiger partial charge >= 0.3 is 0 Å². The molecule has 0 saturated carbocycles. The summed E-state index contributed by atoms with van der Waals surface area (Å²) < 4.78 is 0. The Kier molecular flexibility index (Phi) is 5.96. The summed E-state index contributed by atoms with van der Waals surface area (Å²) in [4.78, 5) is 13.3. The van der Waals surface area contributed by atoms with Crippen molar-refractivity contribution in [2.45, 2.75) is 37.8 Å². The maximum atomic E-state index is 13.3. The predicted octanol–water partition coefficient (Wildman–Crippen LogP) is 4.88. The van der Waals surface area contributed by atoms with Gasteiger partial charge in [-0.2, -0.15) is 0 Å². The van der Waals surface area contributed by atoms with Gasteiger partial charge < -0.3 is 5.50 Å². The molecule has 2 nitrogen and oxygen atoms in total. The number of nitrogens with two attached hydrogens (primary N) is 1. The van der Waals surface area contributed by atoms with Gasteiger partial charge in [-0.25, -0.2) is 0 Å². The Morgan fingerprint density at radius 1 is 1.00 bits per heavy atom. The van der Waals surface area contributed by atoms with Crippen molar-refractivity contribution in [3.8, 4) is 0 Å². The van der Waals surface area contributed by atoms with Crippen molar-refractivity contribution in [3.63, 3.8) is 0 Å². The van der Waals surface area contributed by atoms with Crippen molar-refractivity contribution in [2.75, 3.05) is 13.3 Å². The van der Waals surface area contributed by atoms with Crippen LogP contribution in [0, 0.1) is 0 Å². The monoisotopic (exact) mass is 342 g/mol. The summed E-state index contributed by atoms with van der Waals surface area (Å²) in [6.45, 7) is 8.44. The molecule has 0 aromatic heterocycles. The number of Topliss-reactive ketones (excluding diaryl/α,β-unsaturated/α-hetero) is 1. The minimum Gasteiger partial charge on any atom is -0.314 e. The zero-order valence-electron chi connectivity index (χ0n) is 15.2. The van der Waals surface area contributed by atoms with E-state index in [-0.39, 0.29) is 5.78 Å². The van der Waals surface area contributed by atoms with Crippen LogP contribution in [0.4, 0.5) is 0 Å². The first-order chi connectivity index (χ1) is 11.3. The van der Waals surface area contributed by atoms with Gasteiger partial charge in [0.05, 0.1) is 5.41 Å². The highest BCUT2D eigenvalue weighted by molar-refractivity contribution is 7.72. The van der Waals surface area contributed by atoms with E-state index in [1.165, 1.54) is 0 Å². The van der Waals surface area contributed by atoms with Crippen molar-refractivity contribution < 1.29 is 4.79 Å². The van der Waals surface area contributed by atoms with Crippen LogP contribution in [-0.2, 0) is 10.2 Å². The molecule has 2 aromatic carbocycles. The molecule has 2 aromatic rings. The number of rotatable bonds is 7. The lowest BCUT2D eigenvalue weighted by Crippen LogP contribution is -2.40. The van der Waals surface area contributed by atoms with Crippen LogP contribution in [0.25, 0.3) is 0 Å². The molecule has 0 aliphatic rings. The molecule has 0 saturated heterocycles. The molecule has 0 aliphatic carbocycles. The summed E-state index contributed by atoms with van der Waals surface area (Å²) in [6.07, 6.45) is 1.27. The van der Waals surface area contributed by atoms with E-state index in [0.717, 1.165) is 17.5 Å². The van der Waals surface area contributed by atoms with Crippen LogP contribution in [0.2, 0.25) is 0 Å². The topological polar surface area (TPSA) is 43.1 Å². The zero-order valence-corrected chi connectivity index (χ0v) is 16.1. The fourth-order valence-electron chi connectivity index (χ4n) is 3.26. The molecular weight excluding hydrogens is 313 g/mol. The third-order valence-corrected chi connectivity index (χ3v) is 7.52. The molecule has 129 valence electrons. The first-order valence-electron chi connectivity index (χ1n) is 8.59. The lowest BCUT2D eigenvalue weighted by atomic mass is 9.67. The molecule has 0 fully saturated rings. The van der Waals surface area contributed by atoms with E-state index in [9.17, 15) is 4.79 Å². The average Bonchev–Trinajstić information content (AvgIpc) is 2.59. The van der Waals surface area contributed by atoms with Gasteiger partial charge in [0, 0.05) is 6.42 Å². The van der Waals surface area contributed by atoms with Crippen LogP contribution in [-0.4, -0.2) is 24.8 Å². The Bertz CT molecular complexity index is 622. The first-order valence-corrected chi connectivity index (χ1v) is 11.4. The Balaban J connectivity index is 2.68. The van der Waals surface area contributed by atoms with E-state index in [1.54, 1.807) is 0 Å². The Labute approximate surface area is 146 Å². The van der Waals surface area contributed by atoms with Gasteiger partial charge in [0.15, 0.2) is 0 Å². The molecule has 0 bridgehead atoms. The third-order valence-electron chi connectivity index (χ3n) is 5.07. The second-order valence-electron chi connectivity index (χ2n) is 7.10. The predicted molar refractivity (Wildman–Crippen MR) is 106 cm³/mol. The van der Waals surface area contributed by atoms with Crippen LogP contribution in [0.5, 0.6) is 0 Å². The minimum absolute atomic E-state index is 0.264. The van der Waals surface area contributed by atoms with E-state index in [0.29, 0.717) is 12.1 Å². The maximum Gasteiger partial charge on any atom is 0.147 e. The zero-order chi connectivity index (χ0) is 17.8. The van der Waals surface area contributed by atoms with E-state index < -0.39 is 12.8 Å². The van der Waals surface area contributed by atoms with Gasteiger partial charge in [-0.15, -0.1) is 0 Å². The molecule has 3 heteroatoms. The van der Waals surface area contributed by atoms with Crippen molar-refractivity contribution in [1.82, 2.24) is 0 Å². The molecule has 24 heavy (non-hydrogen) atoms. The van der Waals surface area contributed by atoms with E-state index in [2.05, 4.69) is 44.5 Å². The summed E-state index contributed by atoms with van der Waals surface area (Å²) in [5.74, 6) is 0.264. The minimum atomic E-state index is -1.55. The molecule has 0 spiro atoms. The van der Waals surface area contributed by atoms with Crippen molar-refractivity contribution in [1.29, 1.82) is 0 Å². The summed E-state index contributed by atoms with van der Waals surface area (Å²) >= 11 is 0. The van der Waals surface area contributed by atoms with Gasteiger partial charge in [0.25, 0.3) is 0 Å². The number of carbonyl (C=O) groups is 1. The Hall–Kier alpha value is -1.50. The SMILES string of the molecule is CCC(=O)C(CC(C)[P](C)(C)N)(c1ccccc1)c1ccccc1. The number of carbonyl (C=O) groups excluding carboxylic acids is 1. The molecule has 1 unspecified atom stereocenters. The summed E-state index contributed by atoms with van der Waals surface area (Å²) in [5.41, 5.74) is 8.31. The van der Waals surface area contributed by atoms with Crippen LogP contribution in [0.3, 0.4) is 0 Å².